The van der Waals surface area contributed by atoms with Crippen LogP contribution in [-0.4, -0.2) is 19.3 Å². The van der Waals surface area contributed by atoms with Gasteiger partial charge in [-0.3, -0.25) is 0 Å². The molecule has 3 nitrogen and oxygen atoms in total. The largest absolute Gasteiger partial charge is 0.488 e. The zero-order valence-corrected chi connectivity index (χ0v) is 9.46. The number of hydrogen-bond donors (Lipinski definition) is 1. The molecular weight excluding hydrogens is 247 g/mol. The van der Waals surface area contributed by atoms with Gasteiger partial charge in [0.2, 0.25) is 0 Å². The van der Waals surface area contributed by atoms with Crippen molar-refractivity contribution >= 4 is 0 Å². The minimum Gasteiger partial charge on any atom is -0.488 e. The lowest BCUT2D eigenvalue weighted by Crippen LogP contribution is -2.36. The summed E-state index contributed by atoms with van der Waals surface area (Å²) in [6.07, 6.45) is 1.81. The van der Waals surface area contributed by atoms with Gasteiger partial charge < -0.3 is 14.8 Å². The van der Waals surface area contributed by atoms with E-state index >= 15 is 0 Å². The fraction of sp³-hybridized carbons (Fsp3) is 0.500. The first kappa shape index (κ1) is 11.6. The third kappa shape index (κ3) is 1.90. The molecule has 0 amide bonds. The van der Waals surface area contributed by atoms with Crippen LogP contribution in [0, 0.1) is 5.82 Å². The molecule has 6 heteroatoms. The van der Waals surface area contributed by atoms with Gasteiger partial charge >= 0.3 is 6.61 Å². The van der Waals surface area contributed by atoms with Gasteiger partial charge in [0, 0.05) is 11.6 Å². The number of nitrogens with one attached hydrogen (secondary N) is 1. The second-order valence-electron chi connectivity index (χ2n) is 4.43. The first-order chi connectivity index (χ1) is 8.65. The third-order valence-corrected chi connectivity index (χ3v) is 3.30. The molecule has 0 aliphatic carbocycles. The zero-order valence-electron chi connectivity index (χ0n) is 9.46. The average Bonchev–Trinajstić information content (AvgIpc) is 2.67. The summed E-state index contributed by atoms with van der Waals surface area (Å²) in [7, 11) is 0. The minimum absolute atomic E-state index is 0.0463. The smallest absolute Gasteiger partial charge is 0.387 e. The van der Waals surface area contributed by atoms with Gasteiger partial charge in [-0.2, -0.15) is 8.78 Å². The normalized spacial score (nSPS) is 25.6. The van der Waals surface area contributed by atoms with Gasteiger partial charge in [-0.25, -0.2) is 4.39 Å². The minimum atomic E-state index is -3.04. The Bertz CT molecular complexity index is 467. The summed E-state index contributed by atoms with van der Waals surface area (Å²) < 4.78 is 47.6. The van der Waals surface area contributed by atoms with Crippen molar-refractivity contribution in [1.82, 2.24) is 5.32 Å². The number of rotatable bonds is 2. The molecule has 1 saturated heterocycles. The molecule has 1 fully saturated rings. The van der Waals surface area contributed by atoms with E-state index in [-0.39, 0.29) is 12.1 Å². The molecule has 1 aromatic rings. The number of benzene rings is 1. The van der Waals surface area contributed by atoms with E-state index in [9.17, 15) is 13.2 Å². The monoisotopic (exact) mass is 259 g/mol. The number of fused-ring (bicyclic) bond motifs is 3. The Morgan fingerprint density at radius 2 is 2.22 bits per heavy atom. The van der Waals surface area contributed by atoms with Gasteiger partial charge in [-0.15, -0.1) is 0 Å². The SMILES string of the molecule is Fc1cc2c(cc1OC(F)F)O[C@H]1CCCNC21. The summed E-state index contributed by atoms with van der Waals surface area (Å²) in [5.41, 5.74) is 0.679. The summed E-state index contributed by atoms with van der Waals surface area (Å²) in [6.45, 7) is -2.19. The predicted octanol–water partition coefficient (Wildman–Crippen LogP) is 2.61. The fourth-order valence-corrected chi connectivity index (χ4v) is 2.54. The van der Waals surface area contributed by atoms with Crippen LogP contribution in [0.2, 0.25) is 0 Å². The number of ether oxygens (including phenoxy) is 2. The Morgan fingerprint density at radius 1 is 1.39 bits per heavy atom. The van der Waals surface area contributed by atoms with Crippen LogP contribution in [0.1, 0.15) is 24.4 Å². The molecule has 0 bridgehead atoms. The van der Waals surface area contributed by atoms with Crippen LogP contribution in [0.5, 0.6) is 11.5 Å². The summed E-state index contributed by atoms with van der Waals surface area (Å²) in [5.74, 6) is -0.829. The van der Waals surface area contributed by atoms with Crippen molar-refractivity contribution in [3.63, 3.8) is 0 Å². The Labute approximate surface area is 102 Å². The molecule has 0 radical (unpaired) electrons. The Kier molecular flexibility index (Phi) is 2.81. The average molecular weight is 259 g/mol. The summed E-state index contributed by atoms with van der Waals surface area (Å²) >= 11 is 0. The van der Waals surface area contributed by atoms with E-state index < -0.39 is 18.2 Å². The zero-order chi connectivity index (χ0) is 12.7. The quantitative estimate of drug-likeness (QED) is 0.885. The molecule has 0 aromatic heterocycles. The van der Waals surface area contributed by atoms with Crippen LogP contribution in [0.15, 0.2) is 12.1 Å². The van der Waals surface area contributed by atoms with Gasteiger partial charge in [-0.1, -0.05) is 0 Å². The molecule has 2 aliphatic rings. The molecular formula is C12H12F3NO2. The van der Waals surface area contributed by atoms with Gasteiger partial charge in [0.25, 0.3) is 0 Å². The summed E-state index contributed by atoms with van der Waals surface area (Å²) in [6, 6.07) is 2.37. The third-order valence-electron chi connectivity index (χ3n) is 3.30. The predicted molar refractivity (Wildman–Crippen MR) is 57.4 cm³/mol. The molecule has 2 heterocycles. The highest BCUT2D eigenvalue weighted by molar-refractivity contribution is 5.47. The fourth-order valence-electron chi connectivity index (χ4n) is 2.54. The van der Waals surface area contributed by atoms with Gasteiger partial charge in [-0.05, 0) is 25.5 Å². The van der Waals surface area contributed by atoms with Crippen LogP contribution < -0.4 is 14.8 Å². The number of halogens is 3. The number of piperidine rings is 1. The number of alkyl halides is 2. The Morgan fingerprint density at radius 3 is 3.00 bits per heavy atom. The van der Waals surface area contributed by atoms with Crippen LogP contribution in [0.4, 0.5) is 13.2 Å². The molecule has 0 spiro atoms. The maximum absolute atomic E-state index is 13.6. The summed E-state index contributed by atoms with van der Waals surface area (Å²) in [4.78, 5) is 0. The van der Waals surface area contributed by atoms with Crippen molar-refractivity contribution in [2.24, 2.45) is 0 Å². The van der Waals surface area contributed by atoms with Crippen molar-refractivity contribution in [2.45, 2.75) is 31.6 Å². The topological polar surface area (TPSA) is 30.5 Å². The standard InChI is InChI=1S/C12H12F3NO2/c13-7-4-6-9(5-10(7)18-12(14)15)17-8-2-1-3-16-11(6)8/h4-5,8,11-12,16H,1-3H2/t8-,11?/m0/s1. The van der Waals surface area contributed by atoms with E-state index in [4.69, 9.17) is 4.74 Å². The highest BCUT2D eigenvalue weighted by Gasteiger charge is 2.37. The van der Waals surface area contributed by atoms with E-state index in [1.807, 2.05) is 0 Å². The lowest BCUT2D eigenvalue weighted by Gasteiger charge is -2.25. The molecule has 2 atom stereocenters. The van der Waals surface area contributed by atoms with Crippen molar-refractivity contribution < 1.29 is 22.6 Å². The first-order valence-electron chi connectivity index (χ1n) is 5.83. The van der Waals surface area contributed by atoms with Crippen molar-refractivity contribution in [3.05, 3.63) is 23.5 Å². The Balaban J connectivity index is 1.93. The van der Waals surface area contributed by atoms with E-state index in [0.717, 1.165) is 19.4 Å². The van der Waals surface area contributed by atoms with Crippen molar-refractivity contribution in [3.8, 4) is 11.5 Å². The van der Waals surface area contributed by atoms with Gasteiger partial charge in [0.1, 0.15) is 11.9 Å². The first-order valence-corrected chi connectivity index (χ1v) is 5.83. The van der Waals surface area contributed by atoms with E-state index in [0.29, 0.717) is 11.3 Å². The second-order valence-corrected chi connectivity index (χ2v) is 4.43. The number of hydrogen-bond acceptors (Lipinski definition) is 3. The van der Waals surface area contributed by atoms with E-state index in [1.165, 1.54) is 12.1 Å². The van der Waals surface area contributed by atoms with Crippen molar-refractivity contribution in [2.75, 3.05) is 6.54 Å². The molecule has 0 saturated carbocycles. The second kappa shape index (κ2) is 4.35. The maximum atomic E-state index is 13.6. The van der Waals surface area contributed by atoms with E-state index in [2.05, 4.69) is 10.1 Å². The molecule has 1 aromatic carbocycles. The molecule has 2 aliphatic heterocycles. The highest BCUT2D eigenvalue weighted by atomic mass is 19.3. The Hall–Kier alpha value is -1.43. The van der Waals surface area contributed by atoms with Crippen LogP contribution in [0.3, 0.4) is 0 Å². The maximum Gasteiger partial charge on any atom is 0.387 e. The molecule has 1 unspecified atom stereocenters. The van der Waals surface area contributed by atoms with Crippen molar-refractivity contribution in [1.29, 1.82) is 0 Å². The molecule has 1 N–H and O–H groups in total. The highest BCUT2D eigenvalue weighted by Crippen LogP contribution is 2.43. The lowest BCUT2D eigenvalue weighted by atomic mass is 9.97. The summed E-state index contributed by atoms with van der Waals surface area (Å²) in [5, 5.41) is 3.24. The molecule has 18 heavy (non-hydrogen) atoms. The lowest BCUT2D eigenvalue weighted by molar-refractivity contribution is -0.0522. The molecule has 98 valence electrons. The van der Waals surface area contributed by atoms with Crippen LogP contribution >= 0.6 is 0 Å². The van der Waals surface area contributed by atoms with Crippen LogP contribution in [0.25, 0.3) is 0 Å². The van der Waals surface area contributed by atoms with Crippen LogP contribution in [-0.2, 0) is 0 Å². The van der Waals surface area contributed by atoms with Gasteiger partial charge in [0.05, 0.1) is 6.04 Å². The molecule has 3 rings (SSSR count). The van der Waals surface area contributed by atoms with Gasteiger partial charge in [0.15, 0.2) is 11.6 Å². The van der Waals surface area contributed by atoms with E-state index in [1.54, 1.807) is 0 Å².